The van der Waals surface area contributed by atoms with Crippen LogP contribution in [0.3, 0.4) is 0 Å². The van der Waals surface area contributed by atoms with Gasteiger partial charge in [-0.15, -0.1) is 10.2 Å². The number of aryl methyl sites for hydroxylation is 1. The summed E-state index contributed by atoms with van der Waals surface area (Å²) < 4.78 is 30.0. The number of nitrogens with zero attached hydrogens (tertiary/aromatic N) is 3. The lowest BCUT2D eigenvalue weighted by Crippen LogP contribution is -1.97. The summed E-state index contributed by atoms with van der Waals surface area (Å²) in [5.41, 5.74) is 2.12. The van der Waals surface area contributed by atoms with E-state index >= 15 is 0 Å². The van der Waals surface area contributed by atoms with Crippen molar-refractivity contribution in [1.82, 2.24) is 15.4 Å². The highest BCUT2D eigenvalue weighted by Crippen LogP contribution is 2.33. The van der Waals surface area contributed by atoms with Crippen molar-refractivity contribution in [2.45, 2.75) is 13.5 Å². The van der Waals surface area contributed by atoms with Gasteiger partial charge in [-0.1, -0.05) is 47.6 Å². The van der Waals surface area contributed by atoms with Gasteiger partial charge in [0, 0.05) is 5.56 Å². The summed E-state index contributed by atoms with van der Waals surface area (Å²) >= 11 is 0. The highest BCUT2D eigenvalue weighted by atomic mass is 19.1. The molecular weight excluding hydrogens is 337 g/mol. The van der Waals surface area contributed by atoms with E-state index in [2.05, 4.69) is 15.4 Å². The Morgan fingerprint density at radius 1 is 1.00 bits per heavy atom. The molecule has 4 aromatic rings. The highest BCUT2D eigenvalue weighted by molar-refractivity contribution is 5.77. The minimum absolute atomic E-state index is 0.0427. The average molecular weight is 351 g/mol. The van der Waals surface area contributed by atoms with Crippen molar-refractivity contribution in [3.63, 3.8) is 0 Å². The van der Waals surface area contributed by atoms with Crippen LogP contribution in [0.15, 0.2) is 63.5 Å². The lowest BCUT2D eigenvalue weighted by molar-refractivity contribution is 0.253. The zero-order chi connectivity index (χ0) is 17.9. The molecule has 2 aromatic heterocycles. The second kappa shape index (κ2) is 6.79. The van der Waals surface area contributed by atoms with E-state index in [-0.39, 0.29) is 24.1 Å². The number of benzene rings is 2. The molecule has 0 bridgehead atoms. The van der Waals surface area contributed by atoms with Crippen LogP contribution in [-0.4, -0.2) is 15.4 Å². The molecular formula is C19H14FN3O3. The Morgan fingerprint density at radius 3 is 2.58 bits per heavy atom. The normalized spacial score (nSPS) is 10.8. The van der Waals surface area contributed by atoms with Crippen molar-refractivity contribution in [3.8, 4) is 28.5 Å². The van der Waals surface area contributed by atoms with E-state index in [1.807, 2.05) is 30.3 Å². The summed E-state index contributed by atoms with van der Waals surface area (Å²) in [6, 6.07) is 15.7. The molecule has 0 fully saturated rings. The maximum atomic E-state index is 13.6. The number of hydrogen-bond donors (Lipinski definition) is 0. The molecule has 7 heteroatoms. The Balaban J connectivity index is 1.59. The van der Waals surface area contributed by atoms with Crippen LogP contribution in [0.2, 0.25) is 0 Å². The molecule has 130 valence electrons. The van der Waals surface area contributed by atoms with Crippen LogP contribution >= 0.6 is 0 Å². The summed E-state index contributed by atoms with van der Waals surface area (Å²) in [5.74, 6) is 0.735. The minimum Gasteiger partial charge on any atom is -0.481 e. The molecule has 4 rings (SSSR count). The smallest absolute Gasteiger partial charge is 0.254 e. The number of ether oxygens (including phenoxy) is 1. The predicted octanol–water partition coefficient (Wildman–Crippen LogP) is 4.42. The van der Waals surface area contributed by atoms with Crippen molar-refractivity contribution in [2.75, 3.05) is 0 Å². The van der Waals surface area contributed by atoms with Gasteiger partial charge >= 0.3 is 0 Å². The summed E-state index contributed by atoms with van der Waals surface area (Å²) in [7, 11) is 0. The topological polar surface area (TPSA) is 74.2 Å². The molecule has 26 heavy (non-hydrogen) atoms. The Kier molecular flexibility index (Phi) is 4.18. The molecule has 0 saturated heterocycles. The Labute approximate surface area is 148 Å². The molecule has 0 atom stereocenters. The fourth-order valence-electron chi connectivity index (χ4n) is 2.53. The van der Waals surface area contributed by atoms with Gasteiger partial charge in [-0.2, -0.15) is 0 Å². The van der Waals surface area contributed by atoms with Crippen molar-refractivity contribution in [1.29, 1.82) is 0 Å². The van der Waals surface area contributed by atoms with E-state index in [1.54, 1.807) is 19.1 Å². The van der Waals surface area contributed by atoms with E-state index in [0.29, 0.717) is 17.0 Å². The molecule has 2 heterocycles. The fourth-order valence-corrected chi connectivity index (χ4v) is 2.53. The Hall–Kier alpha value is -3.48. The van der Waals surface area contributed by atoms with Crippen molar-refractivity contribution in [3.05, 3.63) is 72.1 Å². The third kappa shape index (κ3) is 3.06. The quantitative estimate of drug-likeness (QED) is 0.530. The highest BCUT2D eigenvalue weighted by Gasteiger charge is 2.22. The Morgan fingerprint density at radius 2 is 1.77 bits per heavy atom. The van der Waals surface area contributed by atoms with Gasteiger partial charge in [-0.25, -0.2) is 4.39 Å². The maximum Gasteiger partial charge on any atom is 0.254 e. The third-order valence-electron chi connectivity index (χ3n) is 3.78. The first-order valence-corrected chi connectivity index (χ1v) is 7.94. The van der Waals surface area contributed by atoms with Crippen LogP contribution in [0.5, 0.6) is 5.75 Å². The van der Waals surface area contributed by atoms with Crippen LogP contribution in [-0.2, 0) is 6.61 Å². The van der Waals surface area contributed by atoms with Crippen LogP contribution in [0, 0.1) is 12.7 Å². The van der Waals surface area contributed by atoms with E-state index in [1.165, 1.54) is 12.1 Å². The second-order valence-corrected chi connectivity index (χ2v) is 5.55. The van der Waals surface area contributed by atoms with Crippen LogP contribution in [0.1, 0.15) is 11.7 Å². The SMILES string of the molecule is Cc1onc(-c2ccccc2)c1-c1nnc(COc2ccccc2F)o1. The number of rotatable bonds is 5. The molecule has 0 unspecified atom stereocenters. The fraction of sp³-hybridized carbons (Fsp3) is 0.105. The summed E-state index contributed by atoms with van der Waals surface area (Å²) in [6.07, 6.45) is 0. The average Bonchev–Trinajstić information content (AvgIpc) is 3.28. The molecule has 0 saturated carbocycles. The molecule has 6 nitrogen and oxygen atoms in total. The van der Waals surface area contributed by atoms with Gasteiger partial charge in [0.15, 0.2) is 18.2 Å². The first-order valence-electron chi connectivity index (χ1n) is 7.94. The first-order chi connectivity index (χ1) is 12.7. The van der Waals surface area contributed by atoms with Gasteiger partial charge < -0.3 is 13.7 Å². The van der Waals surface area contributed by atoms with E-state index < -0.39 is 5.82 Å². The van der Waals surface area contributed by atoms with E-state index in [9.17, 15) is 4.39 Å². The van der Waals surface area contributed by atoms with Crippen LogP contribution < -0.4 is 4.74 Å². The van der Waals surface area contributed by atoms with Crippen molar-refractivity contribution >= 4 is 0 Å². The van der Waals surface area contributed by atoms with Gasteiger partial charge in [0.25, 0.3) is 11.8 Å². The first kappa shape index (κ1) is 16.0. The number of hydrogen-bond acceptors (Lipinski definition) is 6. The van der Waals surface area contributed by atoms with Gasteiger partial charge in [0.05, 0.1) is 0 Å². The third-order valence-corrected chi connectivity index (χ3v) is 3.78. The van der Waals surface area contributed by atoms with E-state index in [0.717, 1.165) is 5.56 Å². The van der Waals surface area contributed by atoms with Crippen LogP contribution in [0.25, 0.3) is 22.7 Å². The van der Waals surface area contributed by atoms with E-state index in [4.69, 9.17) is 13.7 Å². The number of halogens is 1. The summed E-state index contributed by atoms with van der Waals surface area (Å²) in [6.45, 7) is 1.73. The zero-order valence-corrected chi connectivity index (χ0v) is 13.8. The van der Waals surface area contributed by atoms with Crippen LogP contribution in [0.4, 0.5) is 4.39 Å². The monoisotopic (exact) mass is 351 g/mol. The molecule has 0 amide bonds. The zero-order valence-electron chi connectivity index (χ0n) is 13.8. The molecule has 0 aliphatic rings. The maximum absolute atomic E-state index is 13.6. The number of para-hydroxylation sites is 1. The lowest BCUT2D eigenvalue weighted by atomic mass is 10.1. The molecule has 0 N–H and O–H groups in total. The van der Waals surface area contributed by atoms with Gasteiger partial charge in [0.2, 0.25) is 0 Å². The summed E-state index contributed by atoms with van der Waals surface area (Å²) in [4.78, 5) is 0. The molecule has 0 aliphatic carbocycles. The molecule has 2 aromatic carbocycles. The molecule has 0 radical (unpaired) electrons. The van der Waals surface area contributed by atoms with Gasteiger partial charge in [-0.3, -0.25) is 0 Å². The van der Waals surface area contributed by atoms with Gasteiger partial charge in [-0.05, 0) is 19.1 Å². The van der Waals surface area contributed by atoms with Crippen molar-refractivity contribution < 1.29 is 18.1 Å². The van der Waals surface area contributed by atoms with Gasteiger partial charge in [0.1, 0.15) is 17.0 Å². The van der Waals surface area contributed by atoms with Crippen molar-refractivity contribution in [2.24, 2.45) is 0 Å². The molecule has 0 spiro atoms. The standard InChI is InChI=1S/C19H14FN3O3/c1-12-17(18(23-26-12)13-7-3-2-4-8-13)19-22-21-16(25-19)11-24-15-10-6-5-9-14(15)20/h2-10H,11H2,1H3. The minimum atomic E-state index is -0.450. The Bertz CT molecular complexity index is 1030. The number of aromatic nitrogens is 3. The molecule has 0 aliphatic heterocycles. The summed E-state index contributed by atoms with van der Waals surface area (Å²) in [5, 5.41) is 12.1. The predicted molar refractivity (Wildman–Crippen MR) is 90.7 cm³/mol. The largest absolute Gasteiger partial charge is 0.481 e. The lowest BCUT2D eigenvalue weighted by Gasteiger charge is -2.03. The second-order valence-electron chi connectivity index (χ2n) is 5.55.